The first kappa shape index (κ1) is 21.9. The van der Waals surface area contributed by atoms with Gasteiger partial charge in [-0.2, -0.15) is 0 Å². The van der Waals surface area contributed by atoms with E-state index in [4.69, 9.17) is 20.8 Å². The van der Waals surface area contributed by atoms with Crippen molar-refractivity contribution in [1.29, 1.82) is 0 Å². The number of nitrogens with one attached hydrogen (secondary N) is 2. The number of ether oxygens (including phenoxy) is 1. The Balaban J connectivity index is 1.59. The summed E-state index contributed by atoms with van der Waals surface area (Å²) in [6.45, 7) is 2.28. The molecule has 7 nitrogen and oxygen atoms in total. The molecule has 1 aromatic heterocycles. The Morgan fingerprint density at radius 2 is 1.90 bits per heavy atom. The van der Waals surface area contributed by atoms with Crippen LogP contribution in [0.2, 0.25) is 5.02 Å². The highest BCUT2D eigenvalue weighted by atomic mass is 35.5. The number of benzene rings is 2. The number of rotatable bonds is 9. The van der Waals surface area contributed by atoms with Crippen LogP contribution in [0.5, 0.6) is 5.75 Å². The third-order valence-corrected chi connectivity index (χ3v) is 5.90. The molecule has 3 rings (SSSR count). The molecule has 2 aromatic carbocycles. The van der Waals surface area contributed by atoms with Gasteiger partial charge in [-0.3, -0.25) is 4.79 Å². The Kier molecular flexibility index (Phi) is 7.15. The van der Waals surface area contributed by atoms with Crippen LogP contribution >= 0.6 is 11.6 Å². The third kappa shape index (κ3) is 5.85. The minimum atomic E-state index is -3.80. The molecule has 30 heavy (non-hydrogen) atoms. The van der Waals surface area contributed by atoms with Gasteiger partial charge in [0.05, 0.1) is 24.2 Å². The van der Waals surface area contributed by atoms with Crippen LogP contribution in [-0.2, 0) is 16.6 Å². The Morgan fingerprint density at radius 1 is 1.13 bits per heavy atom. The van der Waals surface area contributed by atoms with Gasteiger partial charge in [0.2, 0.25) is 10.0 Å². The first-order valence-corrected chi connectivity index (χ1v) is 11.0. The van der Waals surface area contributed by atoms with E-state index in [9.17, 15) is 13.2 Å². The fourth-order valence-corrected chi connectivity index (χ4v) is 3.78. The number of hydrogen-bond acceptors (Lipinski definition) is 5. The van der Waals surface area contributed by atoms with E-state index in [1.165, 1.54) is 18.4 Å². The van der Waals surface area contributed by atoms with E-state index in [1.54, 1.807) is 49.4 Å². The molecule has 1 heterocycles. The monoisotopic (exact) mass is 448 g/mol. The summed E-state index contributed by atoms with van der Waals surface area (Å²) in [6.07, 6.45) is 1.47. The van der Waals surface area contributed by atoms with Crippen LogP contribution in [0.3, 0.4) is 0 Å². The predicted molar refractivity (Wildman–Crippen MR) is 113 cm³/mol. The zero-order valence-electron chi connectivity index (χ0n) is 16.2. The summed E-state index contributed by atoms with van der Waals surface area (Å²) in [4.78, 5) is 12.5. The molecule has 0 atom stereocenters. The normalized spacial score (nSPS) is 11.3. The van der Waals surface area contributed by atoms with Crippen LogP contribution in [-0.4, -0.2) is 27.5 Å². The minimum absolute atomic E-state index is 0.00206. The quantitative estimate of drug-likeness (QED) is 0.488. The zero-order valence-corrected chi connectivity index (χ0v) is 17.8. The number of halogens is 1. The van der Waals surface area contributed by atoms with E-state index in [-0.39, 0.29) is 36.1 Å². The molecular weight excluding hydrogens is 428 g/mol. The van der Waals surface area contributed by atoms with E-state index in [0.717, 1.165) is 0 Å². The maximum atomic E-state index is 12.5. The van der Waals surface area contributed by atoms with E-state index in [2.05, 4.69) is 10.0 Å². The van der Waals surface area contributed by atoms with Crippen LogP contribution in [0.4, 0.5) is 0 Å². The molecular formula is C21H21ClN2O5S. The number of amides is 1. The van der Waals surface area contributed by atoms with Crippen molar-refractivity contribution in [2.75, 3.05) is 13.2 Å². The fourth-order valence-electron chi connectivity index (χ4n) is 2.64. The number of furan rings is 1. The molecule has 0 saturated carbocycles. The minimum Gasteiger partial charge on any atom is -0.492 e. The lowest BCUT2D eigenvalue weighted by Crippen LogP contribution is -2.29. The smallest absolute Gasteiger partial charge is 0.251 e. The number of carbonyl (C=O) groups is 1. The summed E-state index contributed by atoms with van der Waals surface area (Å²) in [6, 6.07) is 14.7. The Hall–Kier alpha value is -2.81. The molecule has 0 aliphatic rings. The second-order valence-corrected chi connectivity index (χ2v) is 8.64. The first-order chi connectivity index (χ1) is 14.3. The molecule has 0 bridgehead atoms. The molecule has 0 spiro atoms. The maximum Gasteiger partial charge on any atom is 0.251 e. The summed E-state index contributed by atoms with van der Waals surface area (Å²) < 4.78 is 38.2. The summed E-state index contributed by atoms with van der Waals surface area (Å²) in [5.74, 6) is 0.750. The lowest BCUT2D eigenvalue weighted by molar-refractivity contribution is 0.0946. The van der Waals surface area contributed by atoms with Crippen molar-refractivity contribution in [3.63, 3.8) is 0 Å². The van der Waals surface area contributed by atoms with Gasteiger partial charge in [0.15, 0.2) is 0 Å². The largest absolute Gasteiger partial charge is 0.492 e. The lowest BCUT2D eigenvalue weighted by atomic mass is 10.1. The van der Waals surface area contributed by atoms with Crippen LogP contribution in [0.25, 0.3) is 0 Å². The van der Waals surface area contributed by atoms with Gasteiger partial charge in [-0.1, -0.05) is 17.7 Å². The van der Waals surface area contributed by atoms with Crippen molar-refractivity contribution in [3.05, 3.63) is 82.8 Å². The molecule has 9 heteroatoms. The molecule has 0 fully saturated rings. The van der Waals surface area contributed by atoms with Crippen LogP contribution in [0.1, 0.15) is 21.7 Å². The van der Waals surface area contributed by atoms with E-state index in [0.29, 0.717) is 22.1 Å². The van der Waals surface area contributed by atoms with Crippen LogP contribution < -0.4 is 14.8 Å². The average Bonchev–Trinajstić information content (AvgIpc) is 3.25. The van der Waals surface area contributed by atoms with E-state index < -0.39 is 10.0 Å². The molecule has 3 aromatic rings. The number of carbonyl (C=O) groups excluding carboxylic acids is 1. The van der Waals surface area contributed by atoms with Crippen molar-refractivity contribution in [2.45, 2.75) is 18.4 Å². The van der Waals surface area contributed by atoms with Gasteiger partial charge in [0.25, 0.3) is 5.91 Å². The van der Waals surface area contributed by atoms with E-state index in [1.807, 2.05) is 0 Å². The molecule has 0 aliphatic carbocycles. The standard InChI is InChI=1S/C21H21ClN2O5S/c1-15-4-9-19(30(26,27)24-14-18-3-2-11-28-18)13-20(15)21(25)23-10-12-29-17-7-5-16(22)6-8-17/h2-9,11,13,24H,10,12,14H2,1H3,(H,23,25). The highest BCUT2D eigenvalue weighted by molar-refractivity contribution is 7.89. The van der Waals surface area contributed by atoms with Crippen molar-refractivity contribution in [3.8, 4) is 5.75 Å². The Bertz CT molecular complexity index is 1100. The van der Waals surface area contributed by atoms with Crippen molar-refractivity contribution >= 4 is 27.5 Å². The van der Waals surface area contributed by atoms with Gasteiger partial charge in [-0.05, 0) is 61.0 Å². The van der Waals surface area contributed by atoms with Crippen molar-refractivity contribution in [1.82, 2.24) is 10.0 Å². The topological polar surface area (TPSA) is 97.6 Å². The first-order valence-electron chi connectivity index (χ1n) is 9.14. The molecule has 2 N–H and O–H groups in total. The van der Waals surface area contributed by atoms with Gasteiger partial charge in [-0.25, -0.2) is 13.1 Å². The zero-order chi connectivity index (χ0) is 21.6. The molecule has 0 radical (unpaired) electrons. The Labute approximate surface area is 180 Å². The number of sulfonamides is 1. The second-order valence-electron chi connectivity index (χ2n) is 6.44. The van der Waals surface area contributed by atoms with Gasteiger partial charge in [0, 0.05) is 10.6 Å². The second kappa shape index (κ2) is 9.80. The average molecular weight is 449 g/mol. The van der Waals surface area contributed by atoms with Crippen LogP contribution in [0, 0.1) is 6.92 Å². The summed E-state index contributed by atoms with van der Waals surface area (Å²) in [5, 5.41) is 3.34. The number of aryl methyl sites for hydroxylation is 1. The van der Waals surface area contributed by atoms with Crippen molar-refractivity contribution < 1.29 is 22.4 Å². The Morgan fingerprint density at radius 3 is 2.60 bits per heavy atom. The molecule has 0 unspecified atom stereocenters. The predicted octanol–water partition coefficient (Wildman–Crippen LogP) is 3.53. The third-order valence-electron chi connectivity index (χ3n) is 4.25. The van der Waals surface area contributed by atoms with Gasteiger partial charge >= 0.3 is 0 Å². The molecule has 0 aliphatic heterocycles. The van der Waals surface area contributed by atoms with Crippen LogP contribution in [0.15, 0.2) is 70.2 Å². The van der Waals surface area contributed by atoms with Gasteiger partial charge < -0.3 is 14.5 Å². The lowest BCUT2D eigenvalue weighted by Gasteiger charge is -2.11. The maximum absolute atomic E-state index is 12.5. The SMILES string of the molecule is Cc1ccc(S(=O)(=O)NCc2ccco2)cc1C(=O)NCCOc1ccc(Cl)cc1. The van der Waals surface area contributed by atoms with Gasteiger partial charge in [-0.15, -0.1) is 0 Å². The molecule has 1 amide bonds. The fraction of sp³-hybridized carbons (Fsp3) is 0.190. The molecule has 158 valence electrons. The highest BCUT2D eigenvalue weighted by Crippen LogP contribution is 2.17. The summed E-state index contributed by atoms with van der Waals surface area (Å²) in [5.41, 5.74) is 0.943. The summed E-state index contributed by atoms with van der Waals surface area (Å²) in [7, 11) is -3.80. The number of hydrogen-bond donors (Lipinski definition) is 2. The van der Waals surface area contributed by atoms with Gasteiger partial charge in [0.1, 0.15) is 18.1 Å². The highest BCUT2D eigenvalue weighted by Gasteiger charge is 2.18. The molecule has 0 saturated heterocycles. The summed E-state index contributed by atoms with van der Waals surface area (Å²) >= 11 is 5.82. The van der Waals surface area contributed by atoms with E-state index >= 15 is 0 Å². The van der Waals surface area contributed by atoms with Crippen molar-refractivity contribution in [2.24, 2.45) is 0 Å².